The average Bonchev–Trinajstić information content (AvgIpc) is 1.55. The molecule has 0 amide bonds. The summed E-state index contributed by atoms with van der Waals surface area (Å²) >= 11 is 1.86. The fraction of sp³-hybridized carbons (Fsp3) is 0. The molecular weight excluding hydrogens is 1740 g/mol. The largest absolute Gasteiger partial charge is 0.456 e. The molecule has 0 unspecified atom stereocenters. The van der Waals surface area contributed by atoms with Crippen molar-refractivity contribution in [2.75, 3.05) is 0 Å². The van der Waals surface area contributed by atoms with E-state index in [4.69, 9.17) is 47.6 Å². The Morgan fingerprint density at radius 1 is 0.186 bits per heavy atom. The van der Waals surface area contributed by atoms with Crippen LogP contribution in [-0.4, -0.2) is 43.6 Å². The van der Waals surface area contributed by atoms with Gasteiger partial charge < -0.3 is 22.2 Å². The molecule has 11 aromatic heterocycles. The van der Waals surface area contributed by atoms with Gasteiger partial charge >= 0.3 is 0 Å². The highest BCUT2D eigenvalue weighted by molar-refractivity contribution is 7.26. The second kappa shape index (κ2) is 32.5. The minimum absolute atomic E-state index is 0.638. The lowest BCUT2D eigenvalue weighted by Crippen LogP contribution is -2.02. The minimum atomic E-state index is 0.638. The summed E-state index contributed by atoms with van der Waals surface area (Å²) in [4.78, 5) is 31.4. The van der Waals surface area contributed by atoms with Crippen LogP contribution < -0.4 is 0 Å². The number of rotatable bonds is 11. The van der Waals surface area contributed by atoms with Crippen molar-refractivity contribution in [2.24, 2.45) is 0 Å². The summed E-state index contributed by atoms with van der Waals surface area (Å²) in [7, 11) is 0. The summed E-state index contributed by atoms with van der Waals surface area (Å²) in [6, 6.07) is 158. The summed E-state index contributed by atoms with van der Waals surface area (Å²) in [5.74, 6) is 3.55. The van der Waals surface area contributed by atoms with Crippen molar-refractivity contribution in [1.29, 1.82) is 0 Å². The molecule has 0 fully saturated rings. The maximum atomic E-state index is 6.53. The average molecular weight is 1810 g/mol. The number of thiophene rings is 1. The Morgan fingerprint density at radius 2 is 0.579 bits per heavy atom. The van der Waals surface area contributed by atoms with Gasteiger partial charge in [0.15, 0.2) is 17.5 Å². The molecule has 14 heteroatoms. The Kier molecular flexibility index (Phi) is 18.5. The second-order valence-corrected chi connectivity index (χ2v) is 36.4. The van der Waals surface area contributed by atoms with Crippen LogP contribution in [0.3, 0.4) is 0 Å². The third-order valence-electron chi connectivity index (χ3n) is 27.3. The molecule has 0 spiro atoms. The van der Waals surface area contributed by atoms with Crippen molar-refractivity contribution in [1.82, 2.24) is 43.6 Å². The molecule has 0 saturated heterocycles. The smallest absolute Gasteiger partial charge is 0.162 e. The van der Waals surface area contributed by atoms with Gasteiger partial charge in [-0.1, -0.05) is 315 Å². The Morgan fingerprint density at radius 3 is 1.21 bits per heavy atom. The molecular formula is C126H75N9O4S. The van der Waals surface area contributed by atoms with Gasteiger partial charge in [-0.25, -0.2) is 29.9 Å². The van der Waals surface area contributed by atoms with Crippen LogP contribution in [0.5, 0.6) is 0 Å². The van der Waals surface area contributed by atoms with Crippen LogP contribution in [0.15, 0.2) is 473 Å². The lowest BCUT2D eigenvalue weighted by molar-refractivity contribution is 0.668. The standard InChI is InChI=1S/C46H29N3O.C40H23N3O2.C40H23N3OS/c1-3-13-30(14-4-1)31-15-11-16-32(27-31)39-29-40(48-46(47-39)33-25-26-36-35-19-8-10-24-43(35)50-44(36)28-33)37-21-12-23-42-45(37)38-20-7-9-22-41(38)49(42)34-17-5-2-6-18-34;1-2-11-24(12-3-1)30-23-36(42-40(41-30)29-16-10-20-35-37(29)28-15-6-9-19-34(28)44-35)43-31-17-7-4-14-27(31)38-32(43)22-21-26-25-13-5-8-18-33(25)45-39(26)38;1-2-10-24(11-3-1)31-23-37(42-40(41-31)25-18-19-27-26-12-5-8-16-34(26)44-35(27)22-25)43-32-15-7-4-14-30(32)38-33(43)21-20-29-28-13-6-9-17-36(28)45-39(29)38/h1-29H;2*1-23H. The van der Waals surface area contributed by atoms with E-state index in [2.05, 4.69) is 359 Å². The van der Waals surface area contributed by atoms with Crippen LogP contribution in [0.2, 0.25) is 0 Å². The van der Waals surface area contributed by atoms with Crippen molar-refractivity contribution in [3.8, 4) is 108 Å². The molecule has 0 aliphatic carbocycles. The van der Waals surface area contributed by atoms with E-state index in [1.807, 2.05) is 121 Å². The van der Waals surface area contributed by atoms with Gasteiger partial charge in [0.05, 0.1) is 61.3 Å². The minimum Gasteiger partial charge on any atom is -0.456 e. The van der Waals surface area contributed by atoms with E-state index >= 15 is 0 Å². The molecule has 19 aromatic carbocycles. The zero-order valence-corrected chi connectivity index (χ0v) is 75.7. The zero-order valence-electron chi connectivity index (χ0n) is 74.9. The molecule has 0 aliphatic heterocycles. The number of hydrogen-bond acceptors (Lipinski definition) is 11. The van der Waals surface area contributed by atoms with Gasteiger partial charge in [0.25, 0.3) is 0 Å². The Labute approximate surface area is 802 Å². The fourth-order valence-electron chi connectivity index (χ4n) is 21.0. The molecule has 0 N–H and O–H groups in total. The molecule has 13 nitrogen and oxygen atoms in total. The number of benzene rings is 19. The number of aromatic nitrogens is 9. The normalized spacial score (nSPS) is 11.9. The first-order valence-electron chi connectivity index (χ1n) is 46.8. The molecule has 654 valence electrons. The third-order valence-corrected chi connectivity index (χ3v) is 28.5. The van der Waals surface area contributed by atoms with Gasteiger partial charge in [-0.05, 0) is 139 Å². The quantitative estimate of drug-likeness (QED) is 0.123. The van der Waals surface area contributed by atoms with E-state index in [-0.39, 0.29) is 0 Å². The summed E-state index contributed by atoms with van der Waals surface area (Å²) < 4.78 is 34.8. The summed E-state index contributed by atoms with van der Waals surface area (Å²) in [5, 5.41) is 18.2. The van der Waals surface area contributed by atoms with E-state index in [1.165, 1.54) is 36.3 Å². The first-order chi connectivity index (χ1) is 69.4. The molecule has 0 aliphatic rings. The topological polar surface area (TPSA) is 145 Å². The Bertz CT molecular complexity index is 10300. The highest BCUT2D eigenvalue weighted by Crippen LogP contribution is 2.48. The van der Waals surface area contributed by atoms with Crippen LogP contribution in [-0.2, 0) is 0 Å². The highest BCUT2D eigenvalue weighted by atomic mass is 32.1. The first-order valence-corrected chi connectivity index (χ1v) is 47.7. The van der Waals surface area contributed by atoms with E-state index in [1.54, 1.807) is 0 Å². The first kappa shape index (κ1) is 79.8. The molecule has 0 saturated carbocycles. The number of fused-ring (bicyclic) bond motifs is 26. The maximum absolute atomic E-state index is 6.53. The Hall–Kier alpha value is -18.8. The molecule has 0 bridgehead atoms. The Balaban J connectivity index is 0.000000103. The van der Waals surface area contributed by atoms with E-state index in [9.17, 15) is 0 Å². The fourth-order valence-corrected chi connectivity index (χ4v) is 22.2. The summed E-state index contributed by atoms with van der Waals surface area (Å²) in [6.45, 7) is 0. The molecule has 11 heterocycles. The SMILES string of the molecule is c1ccc(-c2cc(-n3c4ccccc4c4c5oc6ccccc6c5ccc43)nc(-c3cccc4oc5ccccc5c34)n2)cc1.c1ccc(-c2cc(-n3c4ccccc4c4c5sc6ccccc6c5ccc43)nc(-c3ccc4c(c3)oc3ccccc34)n2)cc1.c1ccc(-c2cccc(-c3cc(-c4cccc5c4c4ccccc4n5-c4ccccc4)nc(-c4ccc5c(c4)oc4ccccc45)n3)c2)cc1. The van der Waals surface area contributed by atoms with Crippen molar-refractivity contribution in [2.45, 2.75) is 0 Å². The van der Waals surface area contributed by atoms with Crippen molar-refractivity contribution in [3.05, 3.63) is 455 Å². The lowest BCUT2D eigenvalue weighted by Gasteiger charge is -2.12. The molecule has 0 atom stereocenters. The number of nitrogens with zero attached hydrogens (tertiary/aromatic N) is 9. The van der Waals surface area contributed by atoms with Crippen molar-refractivity contribution >= 4 is 185 Å². The van der Waals surface area contributed by atoms with Crippen molar-refractivity contribution < 1.29 is 17.7 Å². The van der Waals surface area contributed by atoms with Gasteiger partial charge in [0.1, 0.15) is 56.3 Å². The monoisotopic (exact) mass is 1810 g/mol. The number of para-hydroxylation sites is 8. The van der Waals surface area contributed by atoms with Crippen LogP contribution in [0.25, 0.3) is 281 Å². The van der Waals surface area contributed by atoms with Crippen LogP contribution in [0.4, 0.5) is 0 Å². The molecule has 0 radical (unpaired) electrons. The van der Waals surface area contributed by atoms with Crippen LogP contribution in [0, 0.1) is 0 Å². The van der Waals surface area contributed by atoms with Gasteiger partial charge in [-0.3, -0.25) is 9.13 Å². The summed E-state index contributed by atoms with van der Waals surface area (Å²) in [5.41, 5.74) is 27.2. The van der Waals surface area contributed by atoms with Crippen molar-refractivity contribution in [3.63, 3.8) is 0 Å². The van der Waals surface area contributed by atoms with Gasteiger partial charge in [-0.15, -0.1) is 11.3 Å². The molecule has 30 aromatic rings. The van der Waals surface area contributed by atoms with Crippen LogP contribution in [0.1, 0.15) is 0 Å². The number of hydrogen-bond donors (Lipinski definition) is 0. The second-order valence-electron chi connectivity index (χ2n) is 35.4. The zero-order chi connectivity index (χ0) is 92.0. The van der Waals surface area contributed by atoms with Gasteiger partial charge in [0.2, 0.25) is 0 Å². The maximum Gasteiger partial charge on any atom is 0.162 e. The molecule has 30 rings (SSSR count). The van der Waals surface area contributed by atoms with Crippen LogP contribution >= 0.6 is 11.3 Å². The van der Waals surface area contributed by atoms with E-state index < -0.39 is 0 Å². The number of furan rings is 4. The molecule has 140 heavy (non-hydrogen) atoms. The highest BCUT2D eigenvalue weighted by Gasteiger charge is 2.27. The predicted molar refractivity (Wildman–Crippen MR) is 575 cm³/mol. The van der Waals surface area contributed by atoms with E-state index in [0.717, 1.165) is 227 Å². The van der Waals surface area contributed by atoms with Gasteiger partial charge in [-0.2, -0.15) is 0 Å². The van der Waals surface area contributed by atoms with E-state index in [0.29, 0.717) is 17.5 Å². The lowest BCUT2D eigenvalue weighted by atomic mass is 9.99. The van der Waals surface area contributed by atoms with Gasteiger partial charge in [0, 0.05) is 147 Å². The summed E-state index contributed by atoms with van der Waals surface area (Å²) in [6.07, 6.45) is 0. The predicted octanol–water partition coefficient (Wildman–Crippen LogP) is 34.0. The third kappa shape index (κ3) is 13.2.